The van der Waals surface area contributed by atoms with Crippen molar-refractivity contribution in [2.75, 3.05) is 36.5 Å². The fraction of sp³-hybridized carbons (Fsp3) is 0.588. The number of halogens is 1. The topological polar surface area (TPSA) is 110 Å². The van der Waals surface area contributed by atoms with Gasteiger partial charge in [-0.05, 0) is 20.8 Å². The Bertz CT molecular complexity index is 814. The van der Waals surface area contributed by atoms with Crippen molar-refractivity contribution >= 4 is 17.7 Å². The molecule has 0 aliphatic carbocycles. The van der Waals surface area contributed by atoms with Gasteiger partial charge in [0.25, 0.3) is 0 Å². The Morgan fingerprint density at radius 2 is 2.07 bits per heavy atom. The van der Waals surface area contributed by atoms with Gasteiger partial charge in [-0.1, -0.05) is 5.21 Å². The Kier molecular flexibility index (Phi) is 6.02. The van der Waals surface area contributed by atoms with Crippen molar-refractivity contribution in [2.24, 2.45) is 0 Å². The van der Waals surface area contributed by atoms with Crippen LogP contribution in [0, 0.1) is 5.82 Å². The van der Waals surface area contributed by atoms with E-state index in [0.717, 1.165) is 6.20 Å². The third-order valence-corrected chi connectivity index (χ3v) is 3.87. The predicted molar refractivity (Wildman–Crippen MR) is 100 cm³/mol. The summed E-state index contributed by atoms with van der Waals surface area (Å²) in [7, 11) is 0. The number of carbonyl (C=O) groups is 1. The lowest BCUT2D eigenvalue weighted by Crippen LogP contribution is -2.42. The number of amides is 1. The fourth-order valence-corrected chi connectivity index (χ4v) is 2.67. The summed E-state index contributed by atoms with van der Waals surface area (Å²) >= 11 is 0. The Morgan fingerprint density at radius 1 is 1.32 bits per heavy atom. The second-order valence-corrected chi connectivity index (χ2v) is 7.53. The van der Waals surface area contributed by atoms with Gasteiger partial charge < -0.3 is 20.3 Å². The number of hydrogen-bond acceptors (Lipinski definition) is 8. The minimum atomic E-state index is -0.547. The van der Waals surface area contributed by atoms with Crippen LogP contribution in [0.15, 0.2) is 12.4 Å². The lowest BCUT2D eigenvalue weighted by molar-refractivity contribution is -0.123. The highest BCUT2D eigenvalue weighted by Gasteiger charge is 2.17. The normalized spacial score (nSPS) is 14.8. The van der Waals surface area contributed by atoms with Crippen LogP contribution < -0.4 is 15.5 Å². The molecule has 10 nitrogen and oxygen atoms in total. The Morgan fingerprint density at radius 3 is 2.79 bits per heavy atom. The van der Waals surface area contributed by atoms with Gasteiger partial charge in [-0.25, -0.2) is 14.1 Å². The van der Waals surface area contributed by atoms with E-state index in [0.29, 0.717) is 37.9 Å². The molecule has 2 N–H and O–H groups in total. The molecule has 1 amide bonds. The van der Waals surface area contributed by atoms with E-state index >= 15 is 0 Å². The van der Waals surface area contributed by atoms with Crippen LogP contribution in [0.2, 0.25) is 0 Å². The maximum atomic E-state index is 14.0. The largest absolute Gasteiger partial charge is 0.378 e. The molecule has 2 aromatic rings. The van der Waals surface area contributed by atoms with Crippen molar-refractivity contribution in [1.29, 1.82) is 0 Å². The molecule has 1 fully saturated rings. The second-order valence-electron chi connectivity index (χ2n) is 7.53. The molecule has 1 saturated heterocycles. The molecule has 2 aromatic heterocycles. The quantitative estimate of drug-likeness (QED) is 0.734. The zero-order valence-electron chi connectivity index (χ0n) is 16.3. The minimum absolute atomic E-state index is 0.0628. The Labute approximate surface area is 162 Å². The van der Waals surface area contributed by atoms with Crippen molar-refractivity contribution in [3.05, 3.63) is 23.9 Å². The summed E-state index contributed by atoms with van der Waals surface area (Å²) in [6.45, 7) is 8.51. The average Bonchev–Trinajstić information content (AvgIpc) is 3.07. The van der Waals surface area contributed by atoms with Gasteiger partial charge in [-0.3, -0.25) is 4.79 Å². The van der Waals surface area contributed by atoms with Crippen LogP contribution >= 0.6 is 0 Å². The maximum Gasteiger partial charge on any atom is 0.242 e. The molecule has 0 unspecified atom stereocenters. The summed E-state index contributed by atoms with van der Waals surface area (Å²) in [5, 5.41) is 13.7. The highest BCUT2D eigenvalue weighted by molar-refractivity contribution is 5.76. The van der Waals surface area contributed by atoms with Crippen molar-refractivity contribution < 1.29 is 13.9 Å². The molecule has 1 aliphatic rings. The van der Waals surface area contributed by atoms with Crippen LogP contribution in [0.25, 0.3) is 0 Å². The molecule has 0 radical (unpaired) electrons. The molecule has 3 rings (SSSR count). The molecule has 3 heterocycles. The molecule has 28 heavy (non-hydrogen) atoms. The van der Waals surface area contributed by atoms with E-state index in [4.69, 9.17) is 4.74 Å². The monoisotopic (exact) mass is 392 g/mol. The van der Waals surface area contributed by atoms with Crippen molar-refractivity contribution in [3.8, 4) is 0 Å². The molecule has 11 heteroatoms. The zero-order chi connectivity index (χ0) is 20.1. The summed E-state index contributed by atoms with van der Waals surface area (Å²) in [6, 6.07) is 0. The molecule has 152 valence electrons. The molecular weight excluding hydrogens is 367 g/mol. The van der Waals surface area contributed by atoms with Crippen LogP contribution in [0.3, 0.4) is 0 Å². The summed E-state index contributed by atoms with van der Waals surface area (Å²) in [6.07, 6.45) is 2.78. The lowest BCUT2D eigenvalue weighted by atomic mass is 10.1. The first kappa shape index (κ1) is 19.9. The van der Waals surface area contributed by atoms with Gasteiger partial charge in [0.1, 0.15) is 12.2 Å². The van der Waals surface area contributed by atoms with Crippen molar-refractivity contribution in [2.45, 2.75) is 39.4 Å². The van der Waals surface area contributed by atoms with E-state index in [1.807, 2.05) is 25.7 Å². The Balaban J connectivity index is 1.58. The van der Waals surface area contributed by atoms with Gasteiger partial charge in [0.15, 0.2) is 11.6 Å². The van der Waals surface area contributed by atoms with Gasteiger partial charge in [0.2, 0.25) is 11.9 Å². The van der Waals surface area contributed by atoms with Gasteiger partial charge in [-0.15, -0.1) is 5.10 Å². The van der Waals surface area contributed by atoms with E-state index in [1.54, 1.807) is 6.20 Å². The van der Waals surface area contributed by atoms with Crippen molar-refractivity contribution in [1.82, 2.24) is 30.3 Å². The Hall–Kier alpha value is -2.82. The number of aromatic nitrogens is 5. The number of nitrogens with zero attached hydrogens (tertiary/aromatic N) is 6. The molecule has 0 aromatic carbocycles. The maximum absolute atomic E-state index is 14.0. The second kappa shape index (κ2) is 8.46. The highest BCUT2D eigenvalue weighted by Crippen LogP contribution is 2.16. The highest BCUT2D eigenvalue weighted by atomic mass is 19.1. The van der Waals surface area contributed by atoms with Gasteiger partial charge in [-0.2, -0.15) is 4.98 Å². The molecule has 0 spiro atoms. The van der Waals surface area contributed by atoms with E-state index in [9.17, 15) is 9.18 Å². The third-order valence-electron chi connectivity index (χ3n) is 3.87. The van der Waals surface area contributed by atoms with Crippen LogP contribution in [-0.2, 0) is 22.6 Å². The molecule has 0 saturated carbocycles. The smallest absolute Gasteiger partial charge is 0.242 e. The van der Waals surface area contributed by atoms with E-state index in [2.05, 4.69) is 30.9 Å². The minimum Gasteiger partial charge on any atom is -0.378 e. The van der Waals surface area contributed by atoms with Crippen LogP contribution in [0.1, 0.15) is 26.5 Å². The molecule has 0 atom stereocenters. The van der Waals surface area contributed by atoms with Crippen LogP contribution in [0.4, 0.5) is 16.2 Å². The van der Waals surface area contributed by atoms with Crippen molar-refractivity contribution in [3.63, 3.8) is 0 Å². The summed E-state index contributed by atoms with van der Waals surface area (Å²) in [5.74, 6) is -0.158. The SMILES string of the molecule is CC(C)(C)NC(=O)Cn1cc(CNc2nc(N3CCOCC3)ncc2F)nn1. The van der Waals surface area contributed by atoms with E-state index < -0.39 is 5.82 Å². The van der Waals surface area contributed by atoms with Gasteiger partial charge >= 0.3 is 0 Å². The number of carbonyl (C=O) groups excluding carboxylic acids is 1. The number of rotatable bonds is 6. The number of anilines is 2. The lowest BCUT2D eigenvalue weighted by Gasteiger charge is -2.26. The number of morpholine rings is 1. The van der Waals surface area contributed by atoms with Gasteiger partial charge in [0.05, 0.1) is 32.2 Å². The predicted octanol–water partition coefficient (Wildman–Crippen LogP) is 0.571. The third kappa shape index (κ3) is 5.59. The standard InChI is InChI=1S/C17H25FN8O2/c1-17(2,3)22-14(27)11-26-10-12(23-24-26)8-19-15-13(18)9-20-16(21-15)25-4-6-28-7-5-25/h9-10H,4-8,11H2,1-3H3,(H,22,27)(H,19,20,21). The van der Waals surface area contributed by atoms with E-state index in [1.165, 1.54) is 4.68 Å². The summed E-state index contributed by atoms with van der Waals surface area (Å²) < 4.78 is 20.8. The molecule has 1 aliphatic heterocycles. The zero-order valence-corrected chi connectivity index (χ0v) is 16.3. The fourth-order valence-electron chi connectivity index (χ4n) is 2.67. The van der Waals surface area contributed by atoms with E-state index in [-0.39, 0.29) is 30.4 Å². The first-order valence-electron chi connectivity index (χ1n) is 9.09. The van der Waals surface area contributed by atoms with Gasteiger partial charge in [0, 0.05) is 18.6 Å². The first-order chi connectivity index (χ1) is 13.3. The molecule has 0 bridgehead atoms. The summed E-state index contributed by atoms with van der Waals surface area (Å²) in [5.41, 5.74) is 0.250. The van der Waals surface area contributed by atoms with Crippen LogP contribution in [-0.4, -0.2) is 62.7 Å². The molecular formula is C17H25FN8O2. The number of ether oxygens (including phenoxy) is 1. The summed E-state index contributed by atoms with van der Waals surface area (Å²) in [4.78, 5) is 22.2. The average molecular weight is 392 g/mol. The first-order valence-corrected chi connectivity index (χ1v) is 9.09. The number of hydrogen-bond donors (Lipinski definition) is 2. The van der Waals surface area contributed by atoms with Crippen LogP contribution in [0.5, 0.6) is 0 Å². The number of nitrogens with one attached hydrogen (secondary N) is 2.